The summed E-state index contributed by atoms with van der Waals surface area (Å²) in [7, 11) is 0. The van der Waals surface area contributed by atoms with Gasteiger partial charge in [-0.15, -0.1) is 0 Å². The smallest absolute Gasteiger partial charge is 0.269 e. The normalized spacial score (nSPS) is 16.1. The van der Waals surface area contributed by atoms with Gasteiger partial charge in [0.1, 0.15) is 41.6 Å². The zero-order valence-corrected chi connectivity index (χ0v) is 43.2. The Morgan fingerprint density at radius 3 is 2.13 bits per heavy atom. The summed E-state index contributed by atoms with van der Waals surface area (Å²) in [6.07, 6.45) is 5.93. The van der Waals surface area contributed by atoms with Crippen LogP contribution in [0.5, 0.6) is 0 Å². The van der Waals surface area contributed by atoms with Crippen molar-refractivity contribution in [1.29, 1.82) is 5.41 Å². The van der Waals surface area contributed by atoms with Crippen molar-refractivity contribution >= 4 is 64.8 Å². The van der Waals surface area contributed by atoms with Gasteiger partial charge < -0.3 is 91.9 Å². The van der Waals surface area contributed by atoms with Crippen LogP contribution in [-0.2, 0) is 49.6 Å². The van der Waals surface area contributed by atoms with Crippen LogP contribution in [0.3, 0.4) is 0 Å². The minimum atomic E-state index is -1.57. The van der Waals surface area contributed by atoms with Crippen molar-refractivity contribution in [2.75, 3.05) is 45.8 Å². The van der Waals surface area contributed by atoms with E-state index in [2.05, 4.69) is 57.5 Å². The summed E-state index contributed by atoms with van der Waals surface area (Å²) in [4.78, 5) is 134. The number of aliphatic hydroxyl groups excluding tert-OH is 1. The van der Waals surface area contributed by atoms with Gasteiger partial charge in [0.05, 0.1) is 25.0 Å². The molecule has 0 radical (unpaired) electrons. The molecule has 0 aromatic carbocycles. The van der Waals surface area contributed by atoms with Gasteiger partial charge in [-0.3, -0.25) is 48.6 Å². The van der Waals surface area contributed by atoms with Crippen LogP contribution in [0.15, 0.2) is 29.3 Å². The van der Waals surface area contributed by atoms with E-state index in [-0.39, 0.29) is 88.0 Å². The molecule has 2 rings (SSSR count). The van der Waals surface area contributed by atoms with Crippen LogP contribution < -0.4 is 76.9 Å². The Kier molecular flexibility index (Phi) is 29.6. The summed E-state index contributed by atoms with van der Waals surface area (Å²) in [6, 6.07) is -7.84. The van der Waals surface area contributed by atoms with Crippen molar-refractivity contribution in [3.8, 4) is 0 Å². The van der Waals surface area contributed by atoms with Crippen molar-refractivity contribution < 1.29 is 48.3 Å². The number of aliphatic hydroxyl groups is 1. The summed E-state index contributed by atoms with van der Waals surface area (Å²) in [5, 5.41) is 38.3. The molecule has 1 fully saturated rings. The van der Waals surface area contributed by atoms with Crippen LogP contribution in [0, 0.1) is 5.41 Å². The maximum absolute atomic E-state index is 14.2. The minimum Gasteiger partial charge on any atom is -0.389 e. The standard InChI is InChI=1S/C46H81N19O10/c1-26(2)58-40(70)31(14-9-19-55-46(52)53)61-41(71)30(12-5-7-17-48)62-42(72)33(21-28-23-54-25-57-28)63-43(73)34-15-10-20-65(34)45(75)32(13-8-18-49)60-36(67)24-56-38(68)27(3)59-44(74)37(35(66)22-50)64-39(69)29(51)11-4-6-16-47/h14,23,25-27,29-30,33-35,37,66H,4-13,15-22,24,47-51H2,1-3H3,(H,54,57)(H,56,68)(H,58,70)(H,59,74)(H,61,71)(H,62,72)(H,63,73)(H,64,69)(H4,52,53,55)/b31-14-,60-32+/t27-,29-,30-,33-,34-,35-,37-/m0/s1. The van der Waals surface area contributed by atoms with E-state index in [1.54, 1.807) is 13.8 Å². The molecule has 1 aromatic heterocycles. The molecular weight excluding hydrogens is 979 g/mol. The number of aliphatic imine (C=N–C) groups is 1. The molecule has 23 N–H and O–H groups in total. The molecule has 0 saturated carbocycles. The number of hydrogen-bond acceptors (Lipinski definition) is 17. The number of nitrogens with zero attached hydrogens (tertiary/aromatic N) is 3. The number of imidazole rings is 1. The predicted octanol–water partition coefficient (Wildman–Crippen LogP) is -5.97. The molecule has 0 bridgehead atoms. The Morgan fingerprint density at radius 2 is 1.52 bits per heavy atom. The SMILES string of the molecule is CC(C)NC(=O)/C(=C/CCNC(=N)N)NC(=O)[C@H](CCCCN)NC(=O)[C@H](Cc1cnc[nH]1)NC(=O)[C@@H]1CCCN1C(=O)/C(CCCN)=N/C(=O)CNC(=O)[C@H](C)NC(=O)[C@@H](NC(=O)[C@@H](N)CCCCN)[C@@H](O)CN. The molecule has 0 unspecified atom stereocenters. The molecule has 9 amide bonds. The first-order chi connectivity index (χ1) is 35.7. The van der Waals surface area contributed by atoms with E-state index in [1.807, 2.05) is 0 Å². The highest BCUT2D eigenvalue weighted by Crippen LogP contribution is 2.20. The first-order valence-corrected chi connectivity index (χ1v) is 25.2. The first kappa shape index (κ1) is 64.2. The average molecular weight is 1060 g/mol. The Bertz CT molecular complexity index is 2120. The van der Waals surface area contributed by atoms with Crippen LogP contribution in [0.1, 0.15) is 97.1 Å². The van der Waals surface area contributed by atoms with Crippen molar-refractivity contribution in [2.45, 2.75) is 146 Å². The van der Waals surface area contributed by atoms with Gasteiger partial charge in [0, 0.05) is 44.0 Å². The number of likely N-dealkylation sites (tertiary alicyclic amines) is 1. The lowest BCUT2D eigenvalue weighted by Gasteiger charge is -2.28. The number of aromatic nitrogens is 2. The molecule has 1 aliphatic rings. The second-order valence-electron chi connectivity index (χ2n) is 18.2. The molecule has 1 saturated heterocycles. The number of unbranched alkanes of at least 4 members (excludes halogenated alkanes) is 2. The Hall–Kier alpha value is -6.92. The number of carbonyl (C=O) groups is 9. The van der Waals surface area contributed by atoms with E-state index in [4.69, 9.17) is 39.8 Å². The Labute approximate surface area is 436 Å². The fourth-order valence-electron chi connectivity index (χ4n) is 7.49. The number of aromatic amines is 1. The first-order valence-electron chi connectivity index (χ1n) is 25.2. The summed E-state index contributed by atoms with van der Waals surface area (Å²) in [5.41, 5.74) is 33.9. The van der Waals surface area contributed by atoms with Gasteiger partial charge >= 0.3 is 0 Å². The third kappa shape index (κ3) is 23.4. The lowest BCUT2D eigenvalue weighted by atomic mass is 10.1. The van der Waals surface area contributed by atoms with Crippen LogP contribution in [0.2, 0.25) is 0 Å². The molecule has 420 valence electrons. The maximum atomic E-state index is 14.2. The lowest BCUT2D eigenvalue weighted by molar-refractivity contribution is -0.136. The van der Waals surface area contributed by atoms with Crippen LogP contribution in [-0.4, -0.2) is 179 Å². The van der Waals surface area contributed by atoms with E-state index in [9.17, 15) is 48.3 Å². The van der Waals surface area contributed by atoms with Gasteiger partial charge in [0.2, 0.25) is 35.4 Å². The summed E-state index contributed by atoms with van der Waals surface area (Å²) >= 11 is 0. The molecular formula is C46H81N19O10. The van der Waals surface area contributed by atoms with E-state index < -0.39 is 109 Å². The Balaban J connectivity index is 2.28. The number of H-pyrrole nitrogens is 1. The third-order valence-corrected chi connectivity index (χ3v) is 11.5. The van der Waals surface area contributed by atoms with Crippen LogP contribution >= 0.6 is 0 Å². The average Bonchev–Trinajstić information content (AvgIpc) is 4.09. The molecule has 75 heavy (non-hydrogen) atoms. The Morgan fingerprint density at radius 1 is 0.840 bits per heavy atom. The van der Waals surface area contributed by atoms with Gasteiger partial charge in [-0.05, 0) is 105 Å². The minimum absolute atomic E-state index is 0.0765. The quantitative estimate of drug-likeness (QED) is 0.0132. The van der Waals surface area contributed by atoms with E-state index in [1.165, 1.54) is 30.4 Å². The van der Waals surface area contributed by atoms with Gasteiger partial charge in [-0.1, -0.05) is 12.5 Å². The third-order valence-electron chi connectivity index (χ3n) is 11.5. The molecule has 2 heterocycles. The van der Waals surface area contributed by atoms with Gasteiger partial charge in [-0.2, -0.15) is 0 Å². The fraction of sp³-hybridized carbons (Fsp3) is 0.652. The van der Waals surface area contributed by atoms with Crippen LogP contribution in [0.25, 0.3) is 0 Å². The number of guanidine groups is 1. The highest BCUT2D eigenvalue weighted by Gasteiger charge is 2.39. The van der Waals surface area contributed by atoms with Crippen molar-refractivity contribution in [3.05, 3.63) is 30.0 Å². The number of nitrogens with two attached hydrogens (primary N) is 6. The van der Waals surface area contributed by atoms with Crippen molar-refractivity contribution in [2.24, 2.45) is 39.4 Å². The lowest BCUT2D eigenvalue weighted by Crippen LogP contribution is -2.60. The summed E-state index contributed by atoms with van der Waals surface area (Å²) in [6.45, 7) is 4.69. The highest BCUT2D eigenvalue weighted by atomic mass is 16.3. The molecule has 29 nitrogen and oxygen atoms in total. The monoisotopic (exact) mass is 1060 g/mol. The van der Waals surface area contributed by atoms with Gasteiger partial charge in [-0.25, -0.2) is 9.98 Å². The van der Waals surface area contributed by atoms with Gasteiger partial charge in [0.15, 0.2) is 5.96 Å². The number of hydrogen-bond donors (Lipinski definition) is 17. The predicted molar refractivity (Wildman–Crippen MR) is 277 cm³/mol. The molecule has 7 atom stereocenters. The van der Waals surface area contributed by atoms with Crippen LogP contribution in [0.4, 0.5) is 0 Å². The number of amides is 9. The zero-order chi connectivity index (χ0) is 56.0. The molecule has 0 spiro atoms. The molecule has 1 aliphatic heterocycles. The second-order valence-corrected chi connectivity index (χ2v) is 18.2. The second kappa shape index (κ2) is 34.5. The van der Waals surface area contributed by atoms with E-state index in [0.717, 1.165) is 0 Å². The largest absolute Gasteiger partial charge is 0.389 e. The van der Waals surface area contributed by atoms with Crippen molar-refractivity contribution in [1.82, 2.24) is 57.4 Å². The number of rotatable bonds is 34. The van der Waals surface area contributed by atoms with E-state index >= 15 is 0 Å². The van der Waals surface area contributed by atoms with Crippen molar-refractivity contribution in [3.63, 3.8) is 0 Å². The summed E-state index contributed by atoms with van der Waals surface area (Å²) < 4.78 is 0. The molecule has 29 heteroatoms. The molecule has 0 aliphatic carbocycles. The zero-order valence-electron chi connectivity index (χ0n) is 43.2. The van der Waals surface area contributed by atoms with E-state index in [0.29, 0.717) is 50.9 Å². The molecule has 1 aromatic rings. The maximum Gasteiger partial charge on any atom is 0.269 e. The highest BCUT2D eigenvalue weighted by molar-refractivity contribution is 6.40. The van der Waals surface area contributed by atoms with Gasteiger partial charge in [0.25, 0.3) is 17.7 Å². The number of nitrogens with one attached hydrogen (secondary N) is 10. The fourth-order valence-corrected chi connectivity index (χ4v) is 7.49. The number of carbonyl (C=O) groups excluding carboxylic acids is 9. The summed E-state index contributed by atoms with van der Waals surface area (Å²) in [5.74, 6) is -7.35. The topological polar surface area (TPSA) is 494 Å².